The van der Waals surface area contributed by atoms with Crippen LogP contribution in [0, 0.1) is 11.6 Å². The largest absolute Gasteiger partial charge is 0.377 e. The SMILES string of the molecule is NC(CSCC1CCCO1)c1ccc(F)c(F)c1. The van der Waals surface area contributed by atoms with E-state index in [1.807, 2.05) is 0 Å². The summed E-state index contributed by atoms with van der Waals surface area (Å²) >= 11 is 1.70. The summed E-state index contributed by atoms with van der Waals surface area (Å²) < 4.78 is 31.3. The molecule has 0 bridgehead atoms. The highest BCUT2D eigenvalue weighted by atomic mass is 32.2. The molecule has 18 heavy (non-hydrogen) atoms. The minimum absolute atomic E-state index is 0.272. The first-order chi connectivity index (χ1) is 8.66. The highest BCUT2D eigenvalue weighted by molar-refractivity contribution is 7.99. The van der Waals surface area contributed by atoms with E-state index in [4.69, 9.17) is 10.5 Å². The van der Waals surface area contributed by atoms with Crippen LogP contribution in [-0.4, -0.2) is 24.2 Å². The van der Waals surface area contributed by atoms with Crippen molar-refractivity contribution in [3.63, 3.8) is 0 Å². The molecule has 1 aromatic rings. The van der Waals surface area contributed by atoms with Gasteiger partial charge in [0.25, 0.3) is 0 Å². The fourth-order valence-electron chi connectivity index (χ4n) is 1.94. The number of ether oxygens (including phenoxy) is 1. The number of hydrogen-bond acceptors (Lipinski definition) is 3. The molecule has 1 aliphatic rings. The molecule has 1 fully saturated rings. The first kappa shape index (κ1) is 13.8. The Morgan fingerprint density at radius 2 is 2.22 bits per heavy atom. The maximum atomic E-state index is 13.1. The third kappa shape index (κ3) is 3.67. The summed E-state index contributed by atoms with van der Waals surface area (Å²) in [6.45, 7) is 0.848. The first-order valence-corrected chi connectivity index (χ1v) is 7.22. The van der Waals surface area contributed by atoms with Crippen molar-refractivity contribution in [2.24, 2.45) is 5.73 Å². The van der Waals surface area contributed by atoms with Gasteiger partial charge >= 0.3 is 0 Å². The van der Waals surface area contributed by atoms with Crippen LogP contribution in [0.1, 0.15) is 24.4 Å². The quantitative estimate of drug-likeness (QED) is 0.896. The van der Waals surface area contributed by atoms with Crippen molar-refractivity contribution in [2.45, 2.75) is 25.0 Å². The van der Waals surface area contributed by atoms with Gasteiger partial charge in [-0.2, -0.15) is 11.8 Å². The molecular weight excluding hydrogens is 256 g/mol. The van der Waals surface area contributed by atoms with Crippen molar-refractivity contribution in [2.75, 3.05) is 18.1 Å². The van der Waals surface area contributed by atoms with Gasteiger partial charge in [-0.3, -0.25) is 0 Å². The standard InChI is InChI=1S/C13H17F2NOS/c14-11-4-3-9(6-12(11)15)13(16)8-18-7-10-2-1-5-17-10/h3-4,6,10,13H,1-2,5,7-8,16H2. The van der Waals surface area contributed by atoms with Crippen LogP contribution < -0.4 is 5.73 Å². The Balaban J connectivity index is 1.79. The molecule has 1 aromatic carbocycles. The van der Waals surface area contributed by atoms with Gasteiger partial charge in [0.15, 0.2) is 11.6 Å². The lowest BCUT2D eigenvalue weighted by Crippen LogP contribution is -2.16. The normalized spacial score (nSPS) is 21.2. The smallest absolute Gasteiger partial charge is 0.159 e. The highest BCUT2D eigenvalue weighted by Crippen LogP contribution is 2.22. The van der Waals surface area contributed by atoms with Gasteiger partial charge < -0.3 is 10.5 Å². The van der Waals surface area contributed by atoms with E-state index in [0.717, 1.165) is 31.3 Å². The van der Waals surface area contributed by atoms with Gasteiger partial charge in [0, 0.05) is 24.2 Å². The lowest BCUT2D eigenvalue weighted by atomic mass is 10.1. The molecule has 5 heteroatoms. The number of hydrogen-bond donors (Lipinski definition) is 1. The fraction of sp³-hybridized carbons (Fsp3) is 0.538. The molecule has 2 rings (SSSR count). The molecule has 2 nitrogen and oxygen atoms in total. The van der Waals surface area contributed by atoms with Crippen LogP contribution in [0.3, 0.4) is 0 Å². The zero-order valence-corrected chi connectivity index (χ0v) is 10.9. The zero-order chi connectivity index (χ0) is 13.0. The zero-order valence-electron chi connectivity index (χ0n) is 10.1. The van der Waals surface area contributed by atoms with E-state index < -0.39 is 11.6 Å². The lowest BCUT2D eigenvalue weighted by molar-refractivity contribution is 0.129. The summed E-state index contributed by atoms with van der Waals surface area (Å²) in [7, 11) is 0. The van der Waals surface area contributed by atoms with Crippen LogP contribution in [0.15, 0.2) is 18.2 Å². The molecule has 0 radical (unpaired) electrons. The molecular formula is C13H17F2NOS. The Hall–Kier alpha value is -0.650. The topological polar surface area (TPSA) is 35.2 Å². The molecule has 0 amide bonds. The predicted molar refractivity (Wildman–Crippen MR) is 69.6 cm³/mol. The van der Waals surface area contributed by atoms with Crippen molar-refractivity contribution < 1.29 is 13.5 Å². The Morgan fingerprint density at radius 1 is 1.39 bits per heavy atom. The Morgan fingerprint density at radius 3 is 2.89 bits per heavy atom. The molecule has 1 saturated heterocycles. The molecule has 1 aliphatic heterocycles. The summed E-state index contributed by atoms with van der Waals surface area (Å²) in [5.74, 6) is -0.0764. The Kier molecular flexibility index (Phi) is 4.97. The molecule has 0 aliphatic carbocycles. The highest BCUT2D eigenvalue weighted by Gasteiger charge is 2.16. The average molecular weight is 273 g/mol. The van der Waals surface area contributed by atoms with Crippen LogP contribution in [0.4, 0.5) is 8.78 Å². The van der Waals surface area contributed by atoms with E-state index >= 15 is 0 Å². The molecule has 0 saturated carbocycles. The maximum Gasteiger partial charge on any atom is 0.159 e. The van der Waals surface area contributed by atoms with Crippen LogP contribution in [0.2, 0.25) is 0 Å². The second-order valence-electron chi connectivity index (χ2n) is 4.45. The molecule has 100 valence electrons. The predicted octanol–water partition coefficient (Wildman–Crippen LogP) is 2.88. The number of halogens is 2. The molecule has 2 N–H and O–H groups in total. The van der Waals surface area contributed by atoms with Gasteiger partial charge in [0.05, 0.1) is 6.10 Å². The van der Waals surface area contributed by atoms with Gasteiger partial charge in [-0.05, 0) is 30.5 Å². The van der Waals surface area contributed by atoms with E-state index in [9.17, 15) is 8.78 Å². The monoisotopic (exact) mass is 273 g/mol. The number of nitrogens with two attached hydrogens (primary N) is 1. The van der Waals surface area contributed by atoms with E-state index in [1.54, 1.807) is 11.8 Å². The van der Waals surface area contributed by atoms with Gasteiger partial charge in [0.2, 0.25) is 0 Å². The van der Waals surface area contributed by atoms with E-state index in [0.29, 0.717) is 17.4 Å². The third-order valence-electron chi connectivity index (χ3n) is 3.00. The number of benzene rings is 1. The van der Waals surface area contributed by atoms with E-state index in [-0.39, 0.29) is 6.04 Å². The minimum atomic E-state index is -0.841. The molecule has 2 atom stereocenters. The summed E-state index contributed by atoms with van der Waals surface area (Å²) in [5, 5.41) is 0. The van der Waals surface area contributed by atoms with E-state index in [1.165, 1.54) is 12.1 Å². The van der Waals surface area contributed by atoms with Crippen LogP contribution in [-0.2, 0) is 4.74 Å². The second kappa shape index (κ2) is 6.50. The molecule has 0 aromatic heterocycles. The van der Waals surface area contributed by atoms with Crippen molar-refractivity contribution in [1.82, 2.24) is 0 Å². The summed E-state index contributed by atoms with van der Waals surface area (Å²) in [6.07, 6.45) is 2.56. The number of thioether (sulfide) groups is 1. The van der Waals surface area contributed by atoms with Crippen molar-refractivity contribution in [1.29, 1.82) is 0 Å². The average Bonchev–Trinajstić information content (AvgIpc) is 2.85. The maximum absolute atomic E-state index is 13.1. The van der Waals surface area contributed by atoms with Gasteiger partial charge in [-0.25, -0.2) is 8.78 Å². The van der Waals surface area contributed by atoms with Crippen molar-refractivity contribution >= 4 is 11.8 Å². The minimum Gasteiger partial charge on any atom is -0.377 e. The second-order valence-corrected chi connectivity index (χ2v) is 5.53. The van der Waals surface area contributed by atoms with E-state index in [2.05, 4.69) is 0 Å². The van der Waals surface area contributed by atoms with Gasteiger partial charge in [-0.15, -0.1) is 0 Å². The van der Waals surface area contributed by atoms with Crippen LogP contribution in [0.25, 0.3) is 0 Å². The molecule has 0 spiro atoms. The van der Waals surface area contributed by atoms with Crippen molar-refractivity contribution in [3.05, 3.63) is 35.4 Å². The van der Waals surface area contributed by atoms with Gasteiger partial charge in [-0.1, -0.05) is 6.07 Å². The van der Waals surface area contributed by atoms with Crippen LogP contribution >= 0.6 is 11.8 Å². The third-order valence-corrected chi connectivity index (χ3v) is 4.20. The Bertz CT molecular complexity index is 397. The fourth-order valence-corrected chi connectivity index (χ4v) is 3.05. The summed E-state index contributed by atoms with van der Waals surface area (Å²) in [4.78, 5) is 0. The van der Waals surface area contributed by atoms with Crippen LogP contribution in [0.5, 0.6) is 0 Å². The summed E-state index contributed by atoms with van der Waals surface area (Å²) in [6, 6.07) is 3.56. The molecule has 2 unspecified atom stereocenters. The molecule has 1 heterocycles. The van der Waals surface area contributed by atoms with Crippen molar-refractivity contribution in [3.8, 4) is 0 Å². The lowest BCUT2D eigenvalue weighted by Gasteiger charge is -2.14. The van der Waals surface area contributed by atoms with Gasteiger partial charge in [0.1, 0.15) is 0 Å². The first-order valence-electron chi connectivity index (χ1n) is 6.06. The number of rotatable bonds is 5. The Labute approximate surface area is 110 Å². The summed E-state index contributed by atoms with van der Waals surface area (Å²) in [5.41, 5.74) is 6.58.